The number of rotatable bonds is 4. The van der Waals surface area contributed by atoms with Gasteiger partial charge in [0.1, 0.15) is 0 Å². The summed E-state index contributed by atoms with van der Waals surface area (Å²) >= 11 is 12.0. The molecule has 0 spiro atoms. The summed E-state index contributed by atoms with van der Waals surface area (Å²) in [5, 5.41) is 0.401. The predicted molar refractivity (Wildman–Crippen MR) is 102 cm³/mol. The monoisotopic (exact) mass is 392 g/mol. The lowest BCUT2D eigenvalue weighted by Crippen LogP contribution is -2.49. The Bertz CT molecular complexity index is 770. The molecule has 7 heteroatoms. The van der Waals surface area contributed by atoms with Crippen molar-refractivity contribution in [3.8, 4) is 0 Å². The highest BCUT2D eigenvalue weighted by Gasteiger charge is 2.23. The number of benzene rings is 2. The fraction of sp³-hybridized carbons (Fsp3) is 0.263. The van der Waals surface area contributed by atoms with Gasteiger partial charge >= 0.3 is 5.97 Å². The van der Waals surface area contributed by atoms with Crippen molar-refractivity contribution in [1.29, 1.82) is 0 Å². The molecule has 0 radical (unpaired) electrons. The minimum absolute atomic E-state index is 0.0810. The number of carbonyl (C=O) groups excluding carboxylic acids is 2. The number of carbonyl (C=O) groups is 2. The van der Waals surface area contributed by atoms with Crippen molar-refractivity contribution in [3.05, 3.63) is 64.1 Å². The molecule has 0 aromatic heterocycles. The van der Waals surface area contributed by atoms with Crippen LogP contribution in [0.15, 0.2) is 48.5 Å². The summed E-state index contributed by atoms with van der Waals surface area (Å²) in [5.74, 6) is -0.925. The Morgan fingerprint density at radius 2 is 1.50 bits per heavy atom. The molecule has 1 amide bonds. The van der Waals surface area contributed by atoms with Crippen LogP contribution >= 0.6 is 23.2 Å². The lowest BCUT2D eigenvalue weighted by Gasteiger charge is -2.36. The number of ether oxygens (including phenoxy) is 1. The van der Waals surface area contributed by atoms with Gasteiger partial charge in [0.25, 0.3) is 5.91 Å². The molecule has 0 N–H and O–H groups in total. The zero-order valence-electron chi connectivity index (χ0n) is 14.0. The molecule has 5 nitrogen and oxygen atoms in total. The van der Waals surface area contributed by atoms with Crippen LogP contribution in [-0.2, 0) is 9.53 Å². The standard InChI is InChI=1S/C19H18Cl2N2O3/c20-15-7-4-8-16(21)18(15)19(25)26-13-17(24)23-11-9-22(10-12-23)14-5-2-1-3-6-14/h1-8H,9-13H2. The van der Waals surface area contributed by atoms with Crippen LogP contribution in [0.2, 0.25) is 10.0 Å². The molecule has 0 aliphatic carbocycles. The number of esters is 1. The van der Waals surface area contributed by atoms with Gasteiger partial charge in [-0.25, -0.2) is 4.79 Å². The first kappa shape index (κ1) is 18.5. The van der Waals surface area contributed by atoms with Crippen molar-refractivity contribution in [1.82, 2.24) is 4.90 Å². The van der Waals surface area contributed by atoms with Gasteiger partial charge < -0.3 is 14.5 Å². The van der Waals surface area contributed by atoms with Crippen molar-refractivity contribution < 1.29 is 14.3 Å². The van der Waals surface area contributed by atoms with E-state index in [1.807, 2.05) is 30.3 Å². The number of hydrogen-bond acceptors (Lipinski definition) is 4. The molecule has 1 heterocycles. The molecule has 0 saturated carbocycles. The minimum Gasteiger partial charge on any atom is -0.452 e. The molecular weight excluding hydrogens is 375 g/mol. The van der Waals surface area contributed by atoms with Crippen LogP contribution in [0.3, 0.4) is 0 Å². The molecule has 26 heavy (non-hydrogen) atoms. The van der Waals surface area contributed by atoms with E-state index >= 15 is 0 Å². The van der Waals surface area contributed by atoms with E-state index in [4.69, 9.17) is 27.9 Å². The van der Waals surface area contributed by atoms with Crippen molar-refractivity contribution in [2.24, 2.45) is 0 Å². The fourth-order valence-corrected chi connectivity index (χ4v) is 3.39. The zero-order valence-corrected chi connectivity index (χ0v) is 15.5. The van der Waals surface area contributed by atoms with E-state index in [0.717, 1.165) is 18.8 Å². The van der Waals surface area contributed by atoms with Gasteiger partial charge in [0.2, 0.25) is 0 Å². The number of piperazine rings is 1. The first-order valence-corrected chi connectivity index (χ1v) is 9.01. The van der Waals surface area contributed by atoms with Crippen LogP contribution in [-0.4, -0.2) is 49.6 Å². The number of hydrogen-bond donors (Lipinski definition) is 0. The highest BCUT2D eigenvalue weighted by molar-refractivity contribution is 6.39. The smallest absolute Gasteiger partial charge is 0.341 e. The second kappa shape index (κ2) is 8.43. The van der Waals surface area contributed by atoms with E-state index in [0.29, 0.717) is 13.1 Å². The number of halogens is 2. The normalized spacial score (nSPS) is 14.2. The van der Waals surface area contributed by atoms with E-state index in [9.17, 15) is 9.59 Å². The number of amides is 1. The van der Waals surface area contributed by atoms with Gasteiger partial charge in [-0.2, -0.15) is 0 Å². The minimum atomic E-state index is -0.697. The second-order valence-corrected chi connectivity index (χ2v) is 6.69. The number of nitrogens with zero attached hydrogens (tertiary/aromatic N) is 2. The summed E-state index contributed by atoms with van der Waals surface area (Å²) in [6.07, 6.45) is 0. The summed E-state index contributed by atoms with van der Waals surface area (Å²) in [5.41, 5.74) is 1.22. The molecule has 0 bridgehead atoms. The van der Waals surface area contributed by atoms with Crippen LogP contribution in [0.25, 0.3) is 0 Å². The number of para-hydroxylation sites is 1. The average Bonchev–Trinajstić information content (AvgIpc) is 2.67. The van der Waals surface area contributed by atoms with Crippen molar-refractivity contribution in [3.63, 3.8) is 0 Å². The van der Waals surface area contributed by atoms with Crippen molar-refractivity contribution in [2.45, 2.75) is 0 Å². The third-order valence-electron chi connectivity index (χ3n) is 4.25. The summed E-state index contributed by atoms with van der Waals surface area (Å²) in [6, 6.07) is 14.8. The molecule has 2 aromatic rings. The third kappa shape index (κ3) is 4.29. The van der Waals surface area contributed by atoms with Gasteiger partial charge in [-0.15, -0.1) is 0 Å². The highest BCUT2D eigenvalue weighted by Crippen LogP contribution is 2.25. The molecule has 1 aliphatic rings. The van der Waals surface area contributed by atoms with Gasteiger partial charge in [-0.3, -0.25) is 4.79 Å². The molecular formula is C19H18Cl2N2O3. The zero-order chi connectivity index (χ0) is 18.5. The Hall–Kier alpha value is -2.24. The van der Waals surface area contributed by atoms with Crippen LogP contribution < -0.4 is 4.90 Å². The number of anilines is 1. The van der Waals surface area contributed by atoms with E-state index in [1.165, 1.54) is 0 Å². The molecule has 0 atom stereocenters. The van der Waals surface area contributed by atoms with Crippen LogP contribution in [0.5, 0.6) is 0 Å². The first-order chi connectivity index (χ1) is 12.6. The Morgan fingerprint density at radius 3 is 2.12 bits per heavy atom. The summed E-state index contributed by atoms with van der Waals surface area (Å²) in [7, 11) is 0. The molecule has 0 unspecified atom stereocenters. The van der Waals surface area contributed by atoms with Gasteiger partial charge in [0.05, 0.1) is 15.6 Å². The van der Waals surface area contributed by atoms with E-state index < -0.39 is 5.97 Å². The van der Waals surface area contributed by atoms with Gasteiger partial charge in [-0.1, -0.05) is 47.5 Å². The van der Waals surface area contributed by atoms with E-state index in [2.05, 4.69) is 4.90 Å². The lowest BCUT2D eigenvalue weighted by atomic mass is 10.2. The second-order valence-electron chi connectivity index (χ2n) is 5.88. The highest BCUT2D eigenvalue weighted by atomic mass is 35.5. The summed E-state index contributed by atoms with van der Waals surface area (Å²) < 4.78 is 5.10. The summed E-state index contributed by atoms with van der Waals surface area (Å²) in [4.78, 5) is 28.4. The van der Waals surface area contributed by atoms with E-state index in [-0.39, 0.29) is 28.1 Å². The molecule has 1 aliphatic heterocycles. The van der Waals surface area contributed by atoms with E-state index in [1.54, 1.807) is 23.1 Å². The first-order valence-electron chi connectivity index (χ1n) is 8.25. The molecule has 1 saturated heterocycles. The molecule has 2 aromatic carbocycles. The largest absolute Gasteiger partial charge is 0.452 e. The SMILES string of the molecule is O=C(OCC(=O)N1CCN(c2ccccc2)CC1)c1c(Cl)cccc1Cl. The molecule has 3 rings (SSSR count). The maximum atomic E-state index is 12.3. The van der Waals surface area contributed by atoms with Crippen LogP contribution in [0.1, 0.15) is 10.4 Å². The van der Waals surface area contributed by atoms with Gasteiger partial charge in [0, 0.05) is 31.9 Å². The third-order valence-corrected chi connectivity index (χ3v) is 4.88. The Kier molecular flexibility index (Phi) is 6.01. The van der Waals surface area contributed by atoms with Crippen LogP contribution in [0, 0.1) is 0 Å². The maximum Gasteiger partial charge on any atom is 0.341 e. The van der Waals surface area contributed by atoms with Crippen LogP contribution in [0.4, 0.5) is 5.69 Å². The van der Waals surface area contributed by atoms with Gasteiger partial charge in [-0.05, 0) is 24.3 Å². The Balaban J connectivity index is 1.51. The average molecular weight is 393 g/mol. The summed E-state index contributed by atoms with van der Waals surface area (Å²) in [6.45, 7) is 2.31. The quantitative estimate of drug-likeness (QED) is 0.747. The topological polar surface area (TPSA) is 49.9 Å². The van der Waals surface area contributed by atoms with Gasteiger partial charge in [0.15, 0.2) is 6.61 Å². The molecule has 136 valence electrons. The fourth-order valence-electron chi connectivity index (χ4n) is 2.84. The molecule has 1 fully saturated rings. The predicted octanol–water partition coefficient (Wildman–Crippen LogP) is 3.50. The Labute approximate surface area is 162 Å². The van der Waals surface area contributed by atoms with Crippen molar-refractivity contribution in [2.75, 3.05) is 37.7 Å². The maximum absolute atomic E-state index is 12.3. The Morgan fingerprint density at radius 1 is 0.885 bits per heavy atom. The lowest BCUT2D eigenvalue weighted by molar-refractivity contribution is -0.134. The van der Waals surface area contributed by atoms with Crippen molar-refractivity contribution >= 4 is 40.8 Å².